The molecule has 2 nitrogen and oxygen atoms in total. The normalized spacial score (nSPS) is 19.2. The highest BCUT2D eigenvalue weighted by Gasteiger charge is 2.20. The Hall–Kier alpha value is -3.26. The van der Waals surface area contributed by atoms with Crippen LogP contribution in [0.15, 0.2) is 60.9 Å². The quantitative estimate of drug-likeness (QED) is 0.213. The summed E-state index contributed by atoms with van der Waals surface area (Å²) in [6.45, 7) is 2.87. The Morgan fingerprint density at radius 2 is 1.15 bits per heavy atom. The molecule has 2 heteroatoms. The van der Waals surface area contributed by atoms with Gasteiger partial charge in [-0.15, -0.1) is 0 Å². The van der Waals surface area contributed by atoms with Gasteiger partial charge in [0, 0.05) is 56.3 Å². The van der Waals surface area contributed by atoms with Gasteiger partial charge in [0.25, 0.3) is 0 Å². The lowest BCUT2D eigenvalue weighted by atomic mass is 9.86. The van der Waals surface area contributed by atoms with Gasteiger partial charge in [-0.25, -0.2) is 9.13 Å². The number of hydrogen-bond donors (Lipinski definition) is 0. The van der Waals surface area contributed by atoms with Crippen molar-refractivity contribution in [2.45, 2.75) is 88.6 Å². The van der Waals surface area contributed by atoms with Gasteiger partial charge in [0.05, 0.1) is 0 Å². The van der Waals surface area contributed by atoms with Gasteiger partial charge < -0.3 is 0 Å². The summed E-state index contributed by atoms with van der Waals surface area (Å²) in [4.78, 5) is 0. The summed E-state index contributed by atoms with van der Waals surface area (Å²) < 4.78 is 130. The molecule has 2 aromatic heterocycles. The van der Waals surface area contributed by atoms with Crippen molar-refractivity contribution in [3.8, 4) is 22.5 Å². The first-order valence-corrected chi connectivity index (χ1v) is 13.8. The van der Waals surface area contributed by atoms with Crippen molar-refractivity contribution in [2.24, 2.45) is 25.4 Å². The molecule has 4 aromatic rings. The molecule has 0 saturated carbocycles. The third kappa shape index (κ3) is 8.62. The Kier molecular flexibility index (Phi) is 5.26. The summed E-state index contributed by atoms with van der Waals surface area (Å²) in [5.74, 6) is -0.423. The van der Waals surface area contributed by atoms with Gasteiger partial charge in [0.2, 0.25) is 11.4 Å². The van der Waals surface area contributed by atoms with Crippen molar-refractivity contribution in [1.29, 1.82) is 0 Å². The van der Waals surface area contributed by atoms with Crippen LogP contribution in [0.25, 0.3) is 22.5 Å². The fraction of sp³-hybridized carbons (Fsp3) is 0.436. The fourth-order valence-corrected chi connectivity index (χ4v) is 4.67. The van der Waals surface area contributed by atoms with Gasteiger partial charge in [-0.05, 0) is 99.7 Å². The molecule has 0 aliphatic heterocycles. The SMILES string of the molecule is [2H]C([2H])([2H])c1ccc(-c2cc(C([2H])([2H])C(C)(C)C)c(C([2H])([2H])[2H])c[n+]2C)c(C)c1.[2H]C([2H])([2H])c1ccc(-c2cc(C([2H])([2H])C(C)C)c(C([2H])([2H])[2H])c[n+]2C)c(C)c1. The van der Waals surface area contributed by atoms with E-state index >= 15 is 0 Å². The molecule has 0 atom stereocenters. The Balaban J connectivity index is 0.000000306. The van der Waals surface area contributed by atoms with Crippen molar-refractivity contribution in [2.75, 3.05) is 0 Å². The predicted octanol–water partition coefficient (Wildman–Crippen LogP) is 8.99. The van der Waals surface area contributed by atoms with Crippen molar-refractivity contribution in [1.82, 2.24) is 0 Å². The monoisotopic (exact) mass is 567 g/mol. The largest absolute Gasteiger partial charge is 0.212 e. The molecule has 0 spiro atoms. The van der Waals surface area contributed by atoms with E-state index in [2.05, 4.69) is 0 Å². The van der Waals surface area contributed by atoms with E-state index in [9.17, 15) is 0 Å². The van der Waals surface area contributed by atoms with E-state index in [1.165, 1.54) is 24.5 Å². The van der Waals surface area contributed by atoms with Gasteiger partial charge in [-0.3, -0.25) is 0 Å². The van der Waals surface area contributed by atoms with E-state index < -0.39 is 51.5 Å². The second kappa shape index (κ2) is 13.1. The van der Waals surface area contributed by atoms with Crippen LogP contribution in [0.1, 0.15) is 101 Å². The van der Waals surface area contributed by atoms with Gasteiger partial charge in [0.1, 0.15) is 14.1 Å². The summed E-state index contributed by atoms with van der Waals surface area (Å²) in [6, 6.07) is 12.8. The second-order valence-corrected chi connectivity index (χ2v) is 11.9. The van der Waals surface area contributed by atoms with Gasteiger partial charge >= 0.3 is 0 Å². The molecule has 0 radical (unpaired) electrons. The summed E-state index contributed by atoms with van der Waals surface area (Å²) in [5.41, 5.74) is 3.99. The molecule has 0 saturated heterocycles. The zero-order valence-electron chi connectivity index (χ0n) is 41.7. The van der Waals surface area contributed by atoms with E-state index in [4.69, 9.17) is 21.9 Å². The highest BCUT2D eigenvalue weighted by atomic mass is 14.9. The lowest BCUT2D eigenvalue weighted by Gasteiger charge is -2.19. The Morgan fingerprint density at radius 3 is 1.54 bits per heavy atom. The van der Waals surface area contributed by atoms with Gasteiger partial charge in [-0.2, -0.15) is 0 Å². The summed E-state index contributed by atoms with van der Waals surface area (Å²) >= 11 is 0. The lowest BCUT2D eigenvalue weighted by Crippen LogP contribution is -2.32. The third-order valence-electron chi connectivity index (χ3n) is 6.51. The predicted molar refractivity (Wildman–Crippen MR) is 176 cm³/mol. The topological polar surface area (TPSA) is 7.76 Å². The average molecular weight is 567 g/mol. The molecular formula is C39H54N2+2. The van der Waals surface area contributed by atoms with Crippen LogP contribution in [0.3, 0.4) is 0 Å². The molecule has 0 unspecified atom stereocenters. The van der Waals surface area contributed by atoms with Crippen LogP contribution in [0.5, 0.6) is 0 Å². The van der Waals surface area contributed by atoms with Crippen molar-refractivity contribution >= 4 is 0 Å². The van der Waals surface area contributed by atoms with E-state index in [-0.39, 0.29) is 33.4 Å². The first-order valence-electron chi connectivity index (χ1n) is 21.8. The number of aryl methyl sites for hydroxylation is 8. The molecule has 0 bridgehead atoms. The minimum absolute atomic E-state index is 0.0192. The third-order valence-corrected chi connectivity index (χ3v) is 6.51. The maximum Gasteiger partial charge on any atom is 0.212 e. The second-order valence-electron chi connectivity index (χ2n) is 11.9. The van der Waals surface area contributed by atoms with Crippen LogP contribution in [-0.2, 0) is 26.8 Å². The number of rotatable bonds is 5. The zero-order chi connectivity index (χ0) is 44.2. The van der Waals surface area contributed by atoms with Crippen LogP contribution in [0.4, 0.5) is 0 Å². The number of benzene rings is 2. The molecular weight excluding hydrogens is 496 g/mol. The van der Waals surface area contributed by atoms with E-state index in [1.807, 2.05) is 0 Å². The highest BCUT2D eigenvalue weighted by Crippen LogP contribution is 2.27. The smallest absolute Gasteiger partial charge is 0.201 e. The first-order chi connectivity index (χ1) is 25.4. The van der Waals surface area contributed by atoms with Crippen LogP contribution >= 0.6 is 0 Å². The van der Waals surface area contributed by atoms with Crippen molar-refractivity contribution < 1.29 is 31.1 Å². The zero-order valence-corrected chi connectivity index (χ0v) is 25.7. The van der Waals surface area contributed by atoms with Crippen LogP contribution in [-0.4, -0.2) is 0 Å². The standard InChI is InChI=1S/C20H28N.C19H26N/c1-14-8-9-18(15(2)10-14)19-11-17(12-20(4,5)6)16(3)13-21(19)7;1-13(2)9-17-11-19(20(6)12-16(17)5)18-8-7-14(3)10-15(18)4/h8-11,13H,12H2,1-7H3;7-8,10-13H,9H2,1-6H3/q2*+1/i1D3,3D3,12D2;3D3,5D3,9D2. The molecule has 4 rings (SSSR count). The molecule has 0 amide bonds. The fourth-order valence-electron chi connectivity index (χ4n) is 4.67. The summed E-state index contributed by atoms with van der Waals surface area (Å²) in [7, 11) is 3.41. The Morgan fingerprint density at radius 1 is 0.683 bits per heavy atom. The minimum atomic E-state index is -2.47. The molecule has 0 N–H and O–H groups in total. The Labute approximate surface area is 273 Å². The number of hydrogen-bond acceptors (Lipinski definition) is 0. The van der Waals surface area contributed by atoms with E-state index in [0.29, 0.717) is 11.4 Å². The summed E-state index contributed by atoms with van der Waals surface area (Å²) in [6.07, 6.45) is -0.821. The van der Waals surface area contributed by atoms with Gasteiger partial charge in [-0.1, -0.05) is 70.0 Å². The molecule has 218 valence electrons. The number of pyridine rings is 2. The Bertz CT molecular complexity index is 2100. The lowest BCUT2D eigenvalue weighted by molar-refractivity contribution is -0.660. The first kappa shape index (κ1) is 16.4. The molecule has 2 heterocycles. The minimum Gasteiger partial charge on any atom is -0.201 e. The molecule has 41 heavy (non-hydrogen) atoms. The highest BCUT2D eigenvalue weighted by molar-refractivity contribution is 5.63. The molecule has 0 fully saturated rings. The van der Waals surface area contributed by atoms with Crippen LogP contribution < -0.4 is 9.13 Å². The number of aromatic nitrogens is 2. The van der Waals surface area contributed by atoms with Crippen molar-refractivity contribution in [3.05, 3.63) is 105 Å². The molecule has 0 aliphatic rings. The molecule has 0 aliphatic carbocycles. The van der Waals surface area contributed by atoms with Gasteiger partial charge in [0.15, 0.2) is 12.4 Å². The number of nitrogens with zero attached hydrogens (tertiary/aromatic N) is 2. The van der Waals surface area contributed by atoms with E-state index in [0.717, 1.165) is 22.3 Å². The van der Waals surface area contributed by atoms with E-state index in [1.54, 1.807) is 108 Å². The maximum absolute atomic E-state index is 8.67. The average Bonchev–Trinajstić information content (AvgIpc) is 3.02. The van der Waals surface area contributed by atoms with Crippen molar-refractivity contribution in [3.63, 3.8) is 0 Å². The summed E-state index contributed by atoms with van der Waals surface area (Å²) in [5, 5.41) is 0. The van der Waals surface area contributed by atoms with Crippen LogP contribution in [0.2, 0.25) is 0 Å². The molecule has 2 aromatic carbocycles. The van der Waals surface area contributed by atoms with Crippen LogP contribution in [0, 0.1) is 52.6 Å². The maximum atomic E-state index is 8.67.